The first-order chi connectivity index (χ1) is 11.1. The number of aryl methyl sites for hydroxylation is 1. The first-order valence-electron chi connectivity index (χ1n) is 8.11. The van der Waals surface area contributed by atoms with Crippen LogP contribution in [0.2, 0.25) is 0 Å². The summed E-state index contributed by atoms with van der Waals surface area (Å²) in [6, 6.07) is 7.36. The van der Waals surface area contributed by atoms with Crippen molar-refractivity contribution in [2.24, 2.45) is 0 Å². The largest absolute Gasteiger partial charge is 0.378 e. The van der Waals surface area contributed by atoms with E-state index in [0.29, 0.717) is 51.5 Å². The van der Waals surface area contributed by atoms with Gasteiger partial charge in [-0.15, -0.1) is 12.4 Å². The van der Waals surface area contributed by atoms with Crippen LogP contribution in [0.15, 0.2) is 24.3 Å². The number of halogens is 1. The molecule has 24 heavy (non-hydrogen) atoms. The summed E-state index contributed by atoms with van der Waals surface area (Å²) < 4.78 is 5.35. The number of nitrogens with one attached hydrogen (secondary N) is 1. The fourth-order valence-electron chi connectivity index (χ4n) is 2.95. The SMILES string of the molecule is Cc1ccc(C(=O)N2CCN(C(=O)C3COCCN3)CC2)cc1.Cl. The first kappa shape index (κ1) is 18.7. The number of benzene rings is 1. The Morgan fingerprint density at radius 2 is 1.71 bits per heavy atom. The van der Waals surface area contributed by atoms with Crippen LogP contribution in [0.1, 0.15) is 15.9 Å². The molecule has 6 nitrogen and oxygen atoms in total. The Hall–Kier alpha value is -1.63. The van der Waals surface area contributed by atoms with Gasteiger partial charge in [-0.05, 0) is 19.1 Å². The van der Waals surface area contributed by atoms with Gasteiger partial charge in [0.15, 0.2) is 0 Å². The lowest BCUT2D eigenvalue weighted by atomic mass is 10.1. The molecular formula is C17H24ClN3O3. The van der Waals surface area contributed by atoms with Gasteiger partial charge in [0.2, 0.25) is 5.91 Å². The van der Waals surface area contributed by atoms with E-state index < -0.39 is 0 Å². The van der Waals surface area contributed by atoms with E-state index in [9.17, 15) is 9.59 Å². The fraction of sp³-hybridized carbons (Fsp3) is 0.529. The number of ether oxygens (including phenoxy) is 1. The molecule has 132 valence electrons. The number of piperazine rings is 1. The van der Waals surface area contributed by atoms with Crippen LogP contribution in [0.3, 0.4) is 0 Å². The smallest absolute Gasteiger partial charge is 0.253 e. The van der Waals surface area contributed by atoms with Crippen molar-refractivity contribution in [3.8, 4) is 0 Å². The predicted octanol–water partition coefficient (Wildman–Crippen LogP) is 0.690. The summed E-state index contributed by atoms with van der Waals surface area (Å²) >= 11 is 0. The zero-order chi connectivity index (χ0) is 16.2. The minimum Gasteiger partial charge on any atom is -0.378 e. The highest BCUT2D eigenvalue weighted by atomic mass is 35.5. The first-order valence-corrected chi connectivity index (χ1v) is 8.11. The molecule has 2 aliphatic heterocycles. The van der Waals surface area contributed by atoms with Crippen LogP contribution in [0, 0.1) is 6.92 Å². The van der Waals surface area contributed by atoms with Gasteiger partial charge < -0.3 is 19.9 Å². The zero-order valence-corrected chi connectivity index (χ0v) is 14.7. The highest BCUT2D eigenvalue weighted by molar-refractivity contribution is 5.94. The lowest BCUT2D eigenvalue weighted by Crippen LogP contribution is -2.57. The van der Waals surface area contributed by atoms with Gasteiger partial charge in [-0.25, -0.2) is 0 Å². The van der Waals surface area contributed by atoms with Crippen LogP contribution in [-0.4, -0.2) is 73.6 Å². The molecule has 0 aliphatic carbocycles. The summed E-state index contributed by atoms with van der Waals surface area (Å²) in [4.78, 5) is 28.5. The van der Waals surface area contributed by atoms with Crippen LogP contribution in [0.4, 0.5) is 0 Å². The Balaban J connectivity index is 0.00000208. The van der Waals surface area contributed by atoms with Crippen molar-refractivity contribution in [1.82, 2.24) is 15.1 Å². The number of hydrogen-bond acceptors (Lipinski definition) is 4. The van der Waals surface area contributed by atoms with Gasteiger partial charge in [0.25, 0.3) is 5.91 Å². The molecule has 0 saturated carbocycles. The van der Waals surface area contributed by atoms with Crippen LogP contribution in [0.25, 0.3) is 0 Å². The van der Waals surface area contributed by atoms with E-state index in [0.717, 1.165) is 5.56 Å². The van der Waals surface area contributed by atoms with E-state index in [-0.39, 0.29) is 30.3 Å². The maximum Gasteiger partial charge on any atom is 0.253 e. The van der Waals surface area contributed by atoms with E-state index >= 15 is 0 Å². The molecule has 1 aromatic carbocycles. The van der Waals surface area contributed by atoms with Crippen LogP contribution < -0.4 is 5.32 Å². The van der Waals surface area contributed by atoms with E-state index in [1.54, 1.807) is 0 Å². The quantitative estimate of drug-likeness (QED) is 0.849. The van der Waals surface area contributed by atoms with Crippen molar-refractivity contribution < 1.29 is 14.3 Å². The molecule has 2 fully saturated rings. The topological polar surface area (TPSA) is 61.9 Å². The second-order valence-electron chi connectivity index (χ2n) is 6.07. The number of carbonyl (C=O) groups excluding carboxylic acids is 2. The molecule has 1 N–H and O–H groups in total. The number of carbonyl (C=O) groups is 2. The Morgan fingerprint density at radius 1 is 1.08 bits per heavy atom. The third-order valence-electron chi connectivity index (χ3n) is 4.40. The zero-order valence-electron chi connectivity index (χ0n) is 13.9. The van der Waals surface area contributed by atoms with E-state index in [2.05, 4.69) is 5.32 Å². The number of amides is 2. The summed E-state index contributed by atoms with van der Waals surface area (Å²) in [7, 11) is 0. The Kier molecular flexibility index (Phi) is 6.60. The highest BCUT2D eigenvalue weighted by Crippen LogP contribution is 2.11. The molecule has 0 radical (unpaired) electrons. The molecular weight excluding hydrogens is 330 g/mol. The number of morpholine rings is 1. The van der Waals surface area contributed by atoms with Crippen molar-refractivity contribution in [3.63, 3.8) is 0 Å². The molecule has 1 atom stereocenters. The summed E-state index contributed by atoms with van der Waals surface area (Å²) in [5, 5.41) is 3.18. The van der Waals surface area contributed by atoms with Crippen molar-refractivity contribution in [2.45, 2.75) is 13.0 Å². The summed E-state index contributed by atoms with van der Waals surface area (Å²) in [6.07, 6.45) is 0. The van der Waals surface area contributed by atoms with Crippen LogP contribution >= 0.6 is 12.4 Å². The summed E-state index contributed by atoms with van der Waals surface area (Å²) in [6.45, 7) is 6.11. The van der Waals surface area contributed by atoms with Crippen molar-refractivity contribution in [3.05, 3.63) is 35.4 Å². The average Bonchev–Trinajstić information content (AvgIpc) is 2.62. The molecule has 2 amide bonds. The molecule has 2 saturated heterocycles. The molecule has 3 rings (SSSR count). The molecule has 0 aromatic heterocycles. The Bertz CT molecular complexity index is 565. The third-order valence-corrected chi connectivity index (χ3v) is 4.40. The molecule has 1 unspecified atom stereocenters. The highest BCUT2D eigenvalue weighted by Gasteiger charge is 2.30. The second-order valence-corrected chi connectivity index (χ2v) is 6.07. The monoisotopic (exact) mass is 353 g/mol. The predicted molar refractivity (Wildman–Crippen MR) is 93.5 cm³/mol. The molecule has 2 aliphatic rings. The molecule has 0 spiro atoms. The minimum atomic E-state index is -0.247. The standard InChI is InChI=1S/C17H23N3O3.ClH/c1-13-2-4-14(5-3-13)16(21)19-7-9-20(10-8-19)17(22)15-12-23-11-6-18-15;/h2-5,15,18H,6-12H2,1H3;1H. The van der Waals surface area contributed by atoms with Gasteiger partial charge in [-0.2, -0.15) is 0 Å². The normalized spacial score (nSPS) is 21.1. The Morgan fingerprint density at radius 3 is 2.29 bits per heavy atom. The van der Waals surface area contributed by atoms with Gasteiger partial charge in [-0.3, -0.25) is 9.59 Å². The second kappa shape index (κ2) is 8.46. The molecule has 7 heteroatoms. The van der Waals surface area contributed by atoms with Gasteiger partial charge in [0.05, 0.1) is 13.2 Å². The minimum absolute atomic E-state index is 0. The van der Waals surface area contributed by atoms with E-state index in [1.165, 1.54) is 0 Å². The van der Waals surface area contributed by atoms with Crippen molar-refractivity contribution >= 4 is 24.2 Å². The Labute approximate surface area is 148 Å². The van der Waals surface area contributed by atoms with Crippen molar-refractivity contribution in [1.29, 1.82) is 0 Å². The lowest BCUT2D eigenvalue weighted by molar-refractivity contribution is -0.137. The molecule has 1 aromatic rings. The van der Waals surface area contributed by atoms with E-state index in [1.807, 2.05) is 41.0 Å². The number of hydrogen-bond donors (Lipinski definition) is 1. The van der Waals surface area contributed by atoms with E-state index in [4.69, 9.17) is 4.74 Å². The van der Waals surface area contributed by atoms with Crippen LogP contribution in [-0.2, 0) is 9.53 Å². The maximum absolute atomic E-state index is 12.5. The van der Waals surface area contributed by atoms with Crippen LogP contribution in [0.5, 0.6) is 0 Å². The van der Waals surface area contributed by atoms with Gasteiger partial charge in [-0.1, -0.05) is 17.7 Å². The third kappa shape index (κ3) is 4.26. The van der Waals surface area contributed by atoms with Gasteiger partial charge >= 0.3 is 0 Å². The lowest BCUT2D eigenvalue weighted by Gasteiger charge is -2.37. The molecule has 0 bridgehead atoms. The number of nitrogens with zero attached hydrogens (tertiary/aromatic N) is 2. The summed E-state index contributed by atoms with van der Waals surface area (Å²) in [5.74, 6) is 0.114. The summed E-state index contributed by atoms with van der Waals surface area (Å²) in [5.41, 5.74) is 1.84. The fourth-order valence-corrected chi connectivity index (χ4v) is 2.95. The maximum atomic E-state index is 12.5. The molecule has 2 heterocycles. The average molecular weight is 354 g/mol. The van der Waals surface area contributed by atoms with Gasteiger partial charge in [0.1, 0.15) is 6.04 Å². The number of rotatable bonds is 2. The van der Waals surface area contributed by atoms with Gasteiger partial charge in [0, 0.05) is 38.3 Å². The van der Waals surface area contributed by atoms with Crippen molar-refractivity contribution in [2.75, 3.05) is 45.9 Å².